The van der Waals surface area contributed by atoms with Crippen LogP contribution in [0, 0.1) is 6.92 Å². The number of rotatable bonds is 6. The number of nitrogens with zero attached hydrogens (tertiary/aromatic N) is 4. The van der Waals surface area contributed by atoms with Gasteiger partial charge in [0.25, 0.3) is 0 Å². The molecule has 1 N–H and O–H groups in total. The van der Waals surface area contributed by atoms with Crippen LogP contribution in [0.5, 0.6) is 0 Å². The number of hydrogen-bond acceptors (Lipinski definition) is 3. The van der Waals surface area contributed by atoms with Crippen molar-refractivity contribution >= 4 is 0 Å². The number of hydrogen-bond donors (Lipinski definition) is 1. The molecular formula is C12H16F3N5. The molecule has 2 aromatic rings. The third kappa shape index (κ3) is 4.37. The first-order valence-electron chi connectivity index (χ1n) is 6.20. The Kier molecular flexibility index (Phi) is 4.43. The van der Waals surface area contributed by atoms with E-state index in [1.807, 2.05) is 13.1 Å². The largest absolute Gasteiger partial charge is 0.406 e. The number of aromatic nitrogens is 4. The first kappa shape index (κ1) is 14.6. The van der Waals surface area contributed by atoms with E-state index < -0.39 is 12.7 Å². The van der Waals surface area contributed by atoms with E-state index in [0.717, 1.165) is 10.1 Å². The van der Waals surface area contributed by atoms with Gasteiger partial charge in [0.1, 0.15) is 12.4 Å². The Morgan fingerprint density at radius 2 is 2.15 bits per heavy atom. The fraction of sp³-hybridized carbons (Fsp3) is 0.500. The molecule has 2 rings (SSSR count). The van der Waals surface area contributed by atoms with E-state index in [-0.39, 0.29) is 0 Å². The van der Waals surface area contributed by atoms with Crippen LogP contribution >= 0.6 is 0 Å². The van der Waals surface area contributed by atoms with Gasteiger partial charge in [-0.1, -0.05) is 0 Å². The number of aryl methyl sites for hydroxylation is 1. The lowest BCUT2D eigenvalue weighted by atomic mass is 10.4. The molecule has 0 bridgehead atoms. The molecule has 0 atom stereocenters. The highest BCUT2D eigenvalue weighted by Crippen LogP contribution is 2.18. The molecule has 0 spiro atoms. The van der Waals surface area contributed by atoms with Crippen molar-refractivity contribution in [2.75, 3.05) is 6.54 Å². The van der Waals surface area contributed by atoms with Crippen LogP contribution in [0.1, 0.15) is 11.4 Å². The molecule has 0 aliphatic heterocycles. The van der Waals surface area contributed by atoms with Gasteiger partial charge in [-0.15, -0.1) is 0 Å². The molecule has 0 aromatic carbocycles. The van der Waals surface area contributed by atoms with Gasteiger partial charge in [0.05, 0.1) is 19.3 Å². The van der Waals surface area contributed by atoms with Gasteiger partial charge in [-0.2, -0.15) is 18.3 Å². The number of nitrogens with one attached hydrogen (secondary N) is 1. The minimum atomic E-state index is -4.23. The SMILES string of the molecule is Cc1cnn(CCNCc2nccn2CC(F)(F)F)c1. The maximum Gasteiger partial charge on any atom is 0.406 e. The zero-order valence-corrected chi connectivity index (χ0v) is 11.1. The van der Waals surface area contributed by atoms with Crippen LogP contribution in [0.3, 0.4) is 0 Å². The van der Waals surface area contributed by atoms with Crippen molar-refractivity contribution in [1.82, 2.24) is 24.6 Å². The number of halogens is 3. The minimum Gasteiger partial charge on any atom is -0.325 e. The van der Waals surface area contributed by atoms with Gasteiger partial charge in [-0.3, -0.25) is 4.68 Å². The first-order chi connectivity index (χ1) is 9.44. The lowest BCUT2D eigenvalue weighted by molar-refractivity contribution is -0.141. The highest BCUT2D eigenvalue weighted by atomic mass is 19.4. The monoisotopic (exact) mass is 287 g/mol. The van der Waals surface area contributed by atoms with Crippen molar-refractivity contribution in [2.24, 2.45) is 0 Å². The van der Waals surface area contributed by atoms with Crippen molar-refractivity contribution < 1.29 is 13.2 Å². The molecule has 0 fully saturated rings. The summed E-state index contributed by atoms with van der Waals surface area (Å²) >= 11 is 0. The Morgan fingerprint density at radius 1 is 1.35 bits per heavy atom. The Morgan fingerprint density at radius 3 is 2.80 bits per heavy atom. The van der Waals surface area contributed by atoms with E-state index in [2.05, 4.69) is 15.4 Å². The summed E-state index contributed by atoms with van der Waals surface area (Å²) in [5.41, 5.74) is 1.07. The lowest BCUT2D eigenvalue weighted by Crippen LogP contribution is -2.24. The van der Waals surface area contributed by atoms with Gasteiger partial charge in [-0.05, 0) is 12.5 Å². The number of imidazole rings is 1. The van der Waals surface area contributed by atoms with Crippen LogP contribution < -0.4 is 5.32 Å². The average molecular weight is 287 g/mol. The fourth-order valence-corrected chi connectivity index (χ4v) is 1.83. The predicted molar refractivity (Wildman–Crippen MR) is 67.0 cm³/mol. The summed E-state index contributed by atoms with van der Waals surface area (Å²) in [6.45, 7) is 2.50. The van der Waals surface area contributed by atoms with E-state index in [1.165, 1.54) is 12.4 Å². The minimum absolute atomic E-state index is 0.295. The van der Waals surface area contributed by atoms with Crippen LogP contribution in [0.4, 0.5) is 13.2 Å². The van der Waals surface area contributed by atoms with E-state index in [1.54, 1.807) is 10.9 Å². The van der Waals surface area contributed by atoms with E-state index in [9.17, 15) is 13.2 Å². The smallest absolute Gasteiger partial charge is 0.325 e. The second-order valence-electron chi connectivity index (χ2n) is 4.54. The topological polar surface area (TPSA) is 47.7 Å². The summed E-state index contributed by atoms with van der Waals surface area (Å²) in [4.78, 5) is 3.93. The molecule has 0 radical (unpaired) electrons. The fourth-order valence-electron chi connectivity index (χ4n) is 1.83. The molecule has 8 heteroatoms. The van der Waals surface area contributed by atoms with E-state index >= 15 is 0 Å². The van der Waals surface area contributed by atoms with Gasteiger partial charge < -0.3 is 9.88 Å². The van der Waals surface area contributed by atoms with Crippen LogP contribution in [-0.4, -0.2) is 32.1 Å². The van der Waals surface area contributed by atoms with Crippen LogP contribution in [0.15, 0.2) is 24.8 Å². The molecule has 0 unspecified atom stereocenters. The molecule has 0 saturated carbocycles. The highest BCUT2D eigenvalue weighted by Gasteiger charge is 2.28. The Hall–Kier alpha value is -1.83. The second kappa shape index (κ2) is 6.08. The van der Waals surface area contributed by atoms with Gasteiger partial charge in [0.2, 0.25) is 0 Å². The van der Waals surface area contributed by atoms with Crippen molar-refractivity contribution in [2.45, 2.75) is 32.7 Å². The molecule has 0 amide bonds. The maximum absolute atomic E-state index is 12.3. The summed E-state index contributed by atoms with van der Waals surface area (Å²) in [6.07, 6.45) is 2.14. The molecule has 20 heavy (non-hydrogen) atoms. The van der Waals surface area contributed by atoms with Gasteiger partial charge in [0, 0.05) is 25.1 Å². The van der Waals surface area contributed by atoms with Gasteiger partial charge >= 0.3 is 6.18 Å². The standard InChI is InChI=1S/C12H16F3N5/c1-10-6-18-20(8-10)5-2-16-7-11-17-3-4-19(11)9-12(13,14)15/h3-4,6,8,16H,2,5,7,9H2,1H3. The summed E-state index contributed by atoms with van der Waals surface area (Å²) < 4.78 is 39.9. The van der Waals surface area contributed by atoms with Crippen molar-refractivity contribution in [1.29, 1.82) is 0 Å². The molecule has 5 nitrogen and oxygen atoms in total. The van der Waals surface area contributed by atoms with Crippen LogP contribution in [-0.2, 0) is 19.6 Å². The van der Waals surface area contributed by atoms with Crippen LogP contribution in [0.25, 0.3) is 0 Å². The third-order valence-electron chi connectivity index (χ3n) is 2.71. The predicted octanol–water partition coefficient (Wildman–Crippen LogP) is 1.74. The summed E-state index contributed by atoms with van der Waals surface area (Å²) in [6, 6.07) is 0. The van der Waals surface area contributed by atoms with Crippen molar-refractivity contribution in [3.05, 3.63) is 36.2 Å². The van der Waals surface area contributed by atoms with Crippen LogP contribution in [0.2, 0.25) is 0 Å². The Labute approximate surface area is 114 Å². The molecular weight excluding hydrogens is 271 g/mol. The normalized spacial score (nSPS) is 12.0. The molecule has 0 aliphatic carbocycles. The lowest BCUT2D eigenvalue weighted by Gasteiger charge is -2.11. The summed E-state index contributed by atoms with van der Waals surface area (Å²) in [5, 5.41) is 7.18. The Balaban J connectivity index is 1.78. The maximum atomic E-state index is 12.3. The highest BCUT2D eigenvalue weighted by molar-refractivity contribution is 4.99. The molecule has 0 saturated heterocycles. The zero-order chi connectivity index (χ0) is 14.6. The second-order valence-corrected chi connectivity index (χ2v) is 4.54. The summed E-state index contributed by atoms with van der Waals surface area (Å²) in [7, 11) is 0. The average Bonchev–Trinajstić information content (AvgIpc) is 2.92. The third-order valence-corrected chi connectivity index (χ3v) is 2.71. The first-order valence-corrected chi connectivity index (χ1v) is 6.20. The van der Waals surface area contributed by atoms with Gasteiger partial charge in [-0.25, -0.2) is 4.98 Å². The van der Waals surface area contributed by atoms with Gasteiger partial charge in [0.15, 0.2) is 0 Å². The molecule has 2 aromatic heterocycles. The van der Waals surface area contributed by atoms with E-state index in [4.69, 9.17) is 0 Å². The van der Waals surface area contributed by atoms with Crippen molar-refractivity contribution in [3.8, 4) is 0 Å². The van der Waals surface area contributed by atoms with E-state index in [0.29, 0.717) is 25.5 Å². The van der Waals surface area contributed by atoms with Crippen molar-refractivity contribution in [3.63, 3.8) is 0 Å². The number of alkyl halides is 3. The Bertz CT molecular complexity index is 543. The molecule has 110 valence electrons. The molecule has 2 heterocycles. The quantitative estimate of drug-likeness (QED) is 0.823. The zero-order valence-electron chi connectivity index (χ0n) is 11.1. The summed E-state index contributed by atoms with van der Waals surface area (Å²) in [5.74, 6) is 0.374. The molecule has 0 aliphatic rings.